The third kappa shape index (κ3) is 2.41. The molecule has 0 amide bonds. The Morgan fingerprint density at radius 2 is 1.73 bits per heavy atom. The SMILES string of the molecule is CCCc1oc(CCC)c(C(=O)O)c1C. The predicted molar refractivity (Wildman–Crippen MR) is 58.4 cm³/mol. The molecule has 0 saturated carbocycles. The van der Waals surface area contributed by atoms with Gasteiger partial charge in [-0.05, 0) is 19.8 Å². The summed E-state index contributed by atoms with van der Waals surface area (Å²) >= 11 is 0. The number of aromatic carboxylic acids is 1. The average molecular weight is 210 g/mol. The van der Waals surface area contributed by atoms with E-state index in [1.807, 2.05) is 13.8 Å². The molecular weight excluding hydrogens is 192 g/mol. The topological polar surface area (TPSA) is 50.4 Å². The number of carboxylic acids is 1. The molecule has 0 atom stereocenters. The van der Waals surface area contributed by atoms with Gasteiger partial charge in [-0.25, -0.2) is 4.79 Å². The maximum atomic E-state index is 11.1. The third-order valence-electron chi connectivity index (χ3n) is 2.49. The van der Waals surface area contributed by atoms with E-state index in [1.165, 1.54) is 0 Å². The number of aryl methyl sites for hydroxylation is 2. The van der Waals surface area contributed by atoms with E-state index in [0.29, 0.717) is 17.7 Å². The second-order valence-electron chi connectivity index (χ2n) is 3.75. The molecule has 0 unspecified atom stereocenters. The van der Waals surface area contributed by atoms with Crippen molar-refractivity contribution >= 4 is 5.97 Å². The summed E-state index contributed by atoms with van der Waals surface area (Å²) in [4.78, 5) is 11.1. The predicted octanol–water partition coefficient (Wildman–Crippen LogP) is 3.19. The van der Waals surface area contributed by atoms with Gasteiger partial charge in [0.05, 0.1) is 0 Å². The number of rotatable bonds is 5. The van der Waals surface area contributed by atoms with E-state index in [4.69, 9.17) is 9.52 Å². The van der Waals surface area contributed by atoms with Gasteiger partial charge in [-0.1, -0.05) is 13.8 Å². The van der Waals surface area contributed by atoms with Gasteiger partial charge in [0, 0.05) is 18.4 Å². The molecule has 0 bridgehead atoms. The van der Waals surface area contributed by atoms with Gasteiger partial charge < -0.3 is 9.52 Å². The first-order chi connectivity index (χ1) is 7.11. The highest BCUT2D eigenvalue weighted by atomic mass is 16.4. The van der Waals surface area contributed by atoms with Crippen LogP contribution in [0.1, 0.15) is 54.1 Å². The molecule has 15 heavy (non-hydrogen) atoms. The molecule has 1 aromatic heterocycles. The molecule has 0 saturated heterocycles. The molecule has 0 radical (unpaired) electrons. The maximum Gasteiger partial charge on any atom is 0.339 e. The molecule has 84 valence electrons. The first-order valence-electron chi connectivity index (χ1n) is 5.46. The van der Waals surface area contributed by atoms with Gasteiger partial charge in [0.25, 0.3) is 0 Å². The van der Waals surface area contributed by atoms with Crippen LogP contribution in [-0.2, 0) is 12.8 Å². The summed E-state index contributed by atoms with van der Waals surface area (Å²) in [5.74, 6) is 0.589. The summed E-state index contributed by atoms with van der Waals surface area (Å²) < 4.78 is 5.61. The van der Waals surface area contributed by atoms with E-state index in [2.05, 4.69) is 6.92 Å². The molecule has 1 rings (SSSR count). The lowest BCUT2D eigenvalue weighted by atomic mass is 10.1. The number of carbonyl (C=O) groups is 1. The lowest BCUT2D eigenvalue weighted by Crippen LogP contribution is -2.01. The molecular formula is C12H18O3. The van der Waals surface area contributed by atoms with Crippen molar-refractivity contribution in [1.29, 1.82) is 0 Å². The number of furan rings is 1. The van der Waals surface area contributed by atoms with E-state index < -0.39 is 5.97 Å². The fourth-order valence-corrected chi connectivity index (χ4v) is 1.77. The van der Waals surface area contributed by atoms with Crippen molar-refractivity contribution < 1.29 is 14.3 Å². The standard InChI is InChI=1S/C12H18O3/c1-4-6-9-8(3)11(12(13)14)10(15-9)7-5-2/h4-7H2,1-3H3,(H,13,14). The van der Waals surface area contributed by atoms with Crippen LogP contribution >= 0.6 is 0 Å². The third-order valence-corrected chi connectivity index (χ3v) is 2.49. The van der Waals surface area contributed by atoms with Crippen LogP contribution in [-0.4, -0.2) is 11.1 Å². The Labute approximate surface area is 90.1 Å². The van der Waals surface area contributed by atoms with Crippen molar-refractivity contribution in [1.82, 2.24) is 0 Å². The first kappa shape index (κ1) is 11.8. The van der Waals surface area contributed by atoms with Crippen LogP contribution in [0.4, 0.5) is 0 Å². The van der Waals surface area contributed by atoms with Crippen LogP contribution in [0.2, 0.25) is 0 Å². The van der Waals surface area contributed by atoms with Crippen LogP contribution in [0.5, 0.6) is 0 Å². The molecule has 0 fully saturated rings. The minimum atomic E-state index is -0.873. The molecule has 1 aromatic rings. The summed E-state index contributed by atoms with van der Waals surface area (Å²) in [5.41, 5.74) is 1.17. The van der Waals surface area contributed by atoms with Crippen molar-refractivity contribution in [2.24, 2.45) is 0 Å². The number of carboxylic acid groups (broad SMARTS) is 1. The Bertz CT molecular complexity index is 350. The Morgan fingerprint density at radius 3 is 2.20 bits per heavy atom. The summed E-state index contributed by atoms with van der Waals surface area (Å²) in [6.07, 6.45) is 3.39. The van der Waals surface area contributed by atoms with Gasteiger partial charge >= 0.3 is 5.97 Å². The highest BCUT2D eigenvalue weighted by Crippen LogP contribution is 2.24. The minimum Gasteiger partial charge on any atom is -0.478 e. The molecule has 0 aliphatic carbocycles. The zero-order chi connectivity index (χ0) is 11.4. The van der Waals surface area contributed by atoms with E-state index in [0.717, 1.165) is 30.6 Å². The summed E-state index contributed by atoms with van der Waals surface area (Å²) in [5, 5.41) is 9.09. The van der Waals surface area contributed by atoms with Crippen molar-refractivity contribution in [3.8, 4) is 0 Å². The van der Waals surface area contributed by atoms with Gasteiger partial charge in [-0.2, -0.15) is 0 Å². The van der Waals surface area contributed by atoms with Gasteiger partial charge in [0.1, 0.15) is 17.1 Å². The molecule has 0 aromatic carbocycles. The Balaban J connectivity index is 3.13. The number of hydrogen-bond acceptors (Lipinski definition) is 2. The van der Waals surface area contributed by atoms with Gasteiger partial charge in [0.2, 0.25) is 0 Å². The monoisotopic (exact) mass is 210 g/mol. The minimum absolute atomic E-state index is 0.375. The van der Waals surface area contributed by atoms with E-state index >= 15 is 0 Å². The highest BCUT2D eigenvalue weighted by Gasteiger charge is 2.20. The maximum absolute atomic E-state index is 11.1. The molecule has 1 N–H and O–H groups in total. The highest BCUT2D eigenvalue weighted by molar-refractivity contribution is 5.90. The molecule has 0 spiro atoms. The van der Waals surface area contributed by atoms with E-state index in [-0.39, 0.29) is 0 Å². The van der Waals surface area contributed by atoms with Gasteiger partial charge in [-0.3, -0.25) is 0 Å². The molecule has 1 heterocycles. The summed E-state index contributed by atoms with van der Waals surface area (Å²) in [7, 11) is 0. The van der Waals surface area contributed by atoms with Gasteiger partial charge in [-0.15, -0.1) is 0 Å². The molecule has 3 nitrogen and oxygen atoms in total. The second-order valence-corrected chi connectivity index (χ2v) is 3.75. The van der Waals surface area contributed by atoms with Crippen molar-refractivity contribution in [3.63, 3.8) is 0 Å². The van der Waals surface area contributed by atoms with Crippen LogP contribution in [0.3, 0.4) is 0 Å². The van der Waals surface area contributed by atoms with E-state index in [9.17, 15) is 4.79 Å². The zero-order valence-corrected chi connectivity index (χ0v) is 9.59. The van der Waals surface area contributed by atoms with Crippen molar-refractivity contribution in [2.75, 3.05) is 0 Å². The van der Waals surface area contributed by atoms with Crippen molar-refractivity contribution in [3.05, 3.63) is 22.6 Å². The van der Waals surface area contributed by atoms with Gasteiger partial charge in [0.15, 0.2) is 0 Å². The quantitative estimate of drug-likeness (QED) is 0.811. The first-order valence-corrected chi connectivity index (χ1v) is 5.46. The fraction of sp³-hybridized carbons (Fsp3) is 0.583. The van der Waals surface area contributed by atoms with Crippen LogP contribution in [0.15, 0.2) is 4.42 Å². The van der Waals surface area contributed by atoms with Crippen LogP contribution in [0, 0.1) is 6.92 Å². The molecule has 0 aliphatic heterocycles. The van der Waals surface area contributed by atoms with Crippen LogP contribution < -0.4 is 0 Å². The fourth-order valence-electron chi connectivity index (χ4n) is 1.77. The summed E-state index contributed by atoms with van der Waals surface area (Å²) in [6, 6.07) is 0. The Morgan fingerprint density at radius 1 is 1.20 bits per heavy atom. The smallest absolute Gasteiger partial charge is 0.339 e. The molecule has 0 aliphatic rings. The summed E-state index contributed by atoms with van der Waals surface area (Å²) in [6.45, 7) is 5.90. The largest absolute Gasteiger partial charge is 0.478 e. The normalized spacial score (nSPS) is 10.6. The van der Waals surface area contributed by atoms with Crippen molar-refractivity contribution in [2.45, 2.75) is 46.5 Å². The Kier molecular flexibility index (Phi) is 3.95. The van der Waals surface area contributed by atoms with Crippen LogP contribution in [0.25, 0.3) is 0 Å². The Hall–Kier alpha value is -1.25. The number of hydrogen-bond donors (Lipinski definition) is 1. The lowest BCUT2D eigenvalue weighted by molar-refractivity contribution is 0.0694. The molecule has 3 heteroatoms. The zero-order valence-electron chi connectivity index (χ0n) is 9.59. The van der Waals surface area contributed by atoms with E-state index in [1.54, 1.807) is 0 Å². The average Bonchev–Trinajstić information content (AvgIpc) is 2.45. The lowest BCUT2D eigenvalue weighted by Gasteiger charge is -1.95. The second kappa shape index (κ2) is 5.01.